The highest BCUT2D eigenvalue weighted by Gasteiger charge is 2.19. The number of nitrogens with zero attached hydrogens (tertiary/aromatic N) is 2. The summed E-state index contributed by atoms with van der Waals surface area (Å²) in [6.45, 7) is 9.37. The van der Waals surface area contributed by atoms with Gasteiger partial charge in [-0.15, -0.1) is 0 Å². The lowest BCUT2D eigenvalue weighted by molar-refractivity contribution is 0.855. The second-order valence-corrected chi connectivity index (χ2v) is 10.0. The van der Waals surface area contributed by atoms with Crippen molar-refractivity contribution in [2.45, 2.75) is 33.2 Å². The number of rotatable bonds is 7. The molecule has 0 spiro atoms. The Balaban J connectivity index is 1.37. The Kier molecular flexibility index (Phi) is 6.45. The minimum absolute atomic E-state index is 0.848. The van der Waals surface area contributed by atoms with Gasteiger partial charge in [0.15, 0.2) is 0 Å². The van der Waals surface area contributed by atoms with Crippen LogP contribution in [-0.4, -0.2) is 9.13 Å². The average molecular weight is 511 g/mol. The van der Waals surface area contributed by atoms with Crippen molar-refractivity contribution in [3.63, 3.8) is 0 Å². The molecule has 3 heterocycles. The molecule has 1 aliphatic rings. The average Bonchev–Trinajstić information content (AvgIpc) is 3.45. The summed E-state index contributed by atoms with van der Waals surface area (Å²) in [5.74, 6) is 0. The lowest BCUT2D eigenvalue weighted by atomic mass is 10.0. The number of nitrogens with two attached hydrogens (primary N) is 1. The second kappa shape index (κ2) is 10.2. The van der Waals surface area contributed by atoms with Gasteiger partial charge in [-0.25, -0.2) is 0 Å². The summed E-state index contributed by atoms with van der Waals surface area (Å²) in [5.41, 5.74) is 19.2. The molecular weight excluding hydrogens is 476 g/mol. The third kappa shape index (κ3) is 4.09. The summed E-state index contributed by atoms with van der Waals surface area (Å²) < 4.78 is 4.63. The highest BCUT2D eigenvalue weighted by molar-refractivity contribution is 5.90. The van der Waals surface area contributed by atoms with Crippen molar-refractivity contribution in [2.24, 2.45) is 5.73 Å². The van der Waals surface area contributed by atoms with Gasteiger partial charge in [-0.2, -0.15) is 0 Å². The first kappa shape index (κ1) is 24.6. The Morgan fingerprint density at radius 3 is 2.21 bits per heavy atom. The van der Waals surface area contributed by atoms with Crippen LogP contribution in [0.1, 0.15) is 47.1 Å². The molecule has 1 aliphatic heterocycles. The number of fused-ring (bicyclic) bond motifs is 3. The topological polar surface area (TPSA) is 47.9 Å². The van der Waals surface area contributed by atoms with Gasteiger partial charge in [-0.3, -0.25) is 0 Å². The van der Waals surface area contributed by atoms with Crippen LogP contribution in [0.25, 0.3) is 51.6 Å². The molecule has 6 rings (SSSR count). The van der Waals surface area contributed by atoms with Crippen LogP contribution in [-0.2, 0) is 13.0 Å². The Bertz CT molecular complexity index is 1720. The maximum Gasteiger partial charge on any atom is 0.0538 e. The van der Waals surface area contributed by atoms with E-state index in [2.05, 4.69) is 114 Å². The molecule has 0 saturated heterocycles. The summed E-state index contributed by atoms with van der Waals surface area (Å²) in [4.78, 5) is 0. The van der Waals surface area contributed by atoms with Gasteiger partial charge in [-0.05, 0) is 96.6 Å². The monoisotopic (exact) mass is 510 g/mol. The van der Waals surface area contributed by atoms with E-state index in [1.807, 2.05) is 18.4 Å². The number of benzene rings is 3. The third-order valence-electron chi connectivity index (χ3n) is 7.82. The molecule has 0 fully saturated rings. The molecule has 5 aromatic rings. The van der Waals surface area contributed by atoms with Crippen molar-refractivity contribution < 1.29 is 0 Å². The summed E-state index contributed by atoms with van der Waals surface area (Å²) in [5, 5.41) is 4.66. The van der Waals surface area contributed by atoms with Crippen LogP contribution in [0.3, 0.4) is 0 Å². The molecule has 0 unspecified atom stereocenters. The van der Waals surface area contributed by atoms with Crippen molar-refractivity contribution >= 4 is 29.1 Å². The summed E-state index contributed by atoms with van der Waals surface area (Å²) in [7, 11) is 0. The van der Waals surface area contributed by atoms with Crippen molar-refractivity contribution in [1.29, 1.82) is 0 Å². The molecule has 3 aromatic carbocycles. The normalized spacial score (nSPS) is 12.7. The molecule has 39 heavy (non-hydrogen) atoms. The van der Waals surface area contributed by atoms with Gasteiger partial charge in [0, 0.05) is 34.6 Å². The summed E-state index contributed by atoms with van der Waals surface area (Å²) >= 11 is 0. The molecule has 0 radical (unpaired) electrons. The van der Waals surface area contributed by atoms with Crippen LogP contribution in [0.2, 0.25) is 0 Å². The minimum Gasteiger partial charge on any atom is -0.405 e. The number of hydrogen-bond donors (Lipinski definition) is 2. The molecular formula is C35H34N4. The zero-order valence-corrected chi connectivity index (χ0v) is 22.6. The maximum absolute atomic E-state index is 5.84. The Hall–Kier alpha value is -4.70. The summed E-state index contributed by atoms with van der Waals surface area (Å²) in [6.07, 6.45) is 11.9. The highest BCUT2D eigenvalue weighted by atomic mass is 15.0. The standard InChI is InChI=1S/C35H34N4/c1-4-8-29-24(3)33(19-21-36)38(32(29)5-2)27-15-11-25(12-16-27)26-13-17-28(18-14-26)39-34-10-7-6-9-30(34)31-23-37-22-20-35(31)39/h5-7,9-22,37H,2,4,8,23,36H2,1,3H3/b21-19-. The van der Waals surface area contributed by atoms with Gasteiger partial charge in [0.05, 0.1) is 16.9 Å². The molecule has 0 bridgehead atoms. The van der Waals surface area contributed by atoms with Crippen LogP contribution in [0.4, 0.5) is 0 Å². The number of hydrogen-bond acceptors (Lipinski definition) is 2. The maximum atomic E-state index is 5.84. The van der Waals surface area contributed by atoms with Gasteiger partial charge in [-0.1, -0.05) is 62.4 Å². The van der Waals surface area contributed by atoms with Crippen molar-refractivity contribution in [1.82, 2.24) is 14.5 Å². The first-order valence-electron chi connectivity index (χ1n) is 13.6. The van der Waals surface area contributed by atoms with E-state index in [1.165, 1.54) is 50.1 Å². The molecule has 3 N–H and O–H groups in total. The van der Waals surface area contributed by atoms with Gasteiger partial charge in [0.1, 0.15) is 0 Å². The largest absolute Gasteiger partial charge is 0.405 e. The fourth-order valence-electron chi connectivity index (χ4n) is 6.00. The molecule has 0 saturated carbocycles. The van der Waals surface area contributed by atoms with Gasteiger partial charge < -0.3 is 20.2 Å². The van der Waals surface area contributed by atoms with Crippen LogP contribution in [0.5, 0.6) is 0 Å². The predicted octanol–water partition coefficient (Wildman–Crippen LogP) is 8.00. The Morgan fingerprint density at radius 1 is 0.897 bits per heavy atom. The van der Waals surface area contributed by atoms with E-state index in [9.17, 15) is 0 Å². The second-order valence-electron chi connectivity index (χ2n) is 10.0. The smallest absolute Gasteiger partial charge is 0.0538 e. The summed E-state index contributed by atoms with van der Waals surface area (Å²) in [6, 6.07) is 26.3. The van der Waals surface area contributed by atoms with Crippen LogP contribution in [0.15, 0.2) is 91.8 Å². The van der Waals surface area contributed by atoms with E-state index in [1.54, 1.807) is 6.20 Å². The molecule has 4 nitrogen and oxygen atoms in total. The number of nitrogens with one attached hydrogen (secondary N) is 1. The quantitative estimate of drug-likeness (QED) is 0.233. The van der Waals surface area contributed by atoms with Crippen molar-refractivity contribution in [2.75, 3.05) is 0 Å². The Morgan fingerprint density at radius 2 is 1.56 bits per heavy atom. The fraction of sp³-hybridized carbons (Fsp3) is 0.143. The van der Waals surface area contributed by atoms with Crippen LogP contribution in [0, 0.1) is 6.92 Å². The Labute approximate surface area is 230 Å². The first-order chi connectivity index (χ1) is 19.2. The van der Waals surface area contributed by atoms with E-state index < -0.39 is 0 Å². The third-order valence-corrected chi connectivity index (χ3v) is 7.82. The molecule has 4 heteroatoms. The lowest BCUT2D eigenvalue weighted by Crippen LogP contribution is -2.10. The van der Waals surface area contributed by atoms with Crippen molar-refractivity contribution in [3.05, 3.63) is 126 Å². The zero-order chi connectivity index (χ0) is 26.9. The van der Waals surface area contributed by atoms with Crippen LogP contribution < -0.4 is 11.1 Å². The van der Waals surface area contributed by atoms with Gasteiger partial charge >= 0.3 is 0 Å². The molecule has 0 aliphatic carbocycles. The number of aromatic nitrogens is 2. The SMILES string of the molecule is C=Cc1c(CCC)c(C)c(/C=C\N)n1-c1ccc(-c2ccc(-n3c4c(c5ccccc53)CNC=C4)cc2)cc1. The first-order valence-corrected chi connectivity index (χ1v) is 13.6. The lowest BCUT2D eigenvalue weighted by Gasteiger charge is -2.14. The molecule has 0 amide bonds. The van der Waals surface area contributed by atoms with E-state index >= 15 is 0 Å². The van der Waals surface area contributed by atoms with Gasteiger partial charge in [0.2, 0.25) is 0 Å². The highest BCUT2D eigenvalue weighted by Crippen LogP contribution is 2.34. The van der Waals surface area contributed by atoms with E-state index in [4.69, 9.17) is 5.73 Å². The van der Waals surface area contributed by atoms with Gasteiger partial charge in [0.25, 0.3) is 0 Å². The fourth-order valence-corrected chi connectivity index (χ4v) is 6.00. The van der Waals surface area contributed by atoms with E-state index in [0.29, 0.717) is 0 Å². The van der Waals surface area contributed by atoms with Crippen LogP contribution >= 0.6 is 0 Å². The van der Waals surface area contributed by atoms with E-state index in [-0.39, 0.29) is 0 Å². The van der Waals surface area contributed by atoms with E-state index in [0.717, 1.165) is 36.5 Å². The number of para-hydroxylation sites is 1. The molecule has 0 atom stereocenters. The zero-order valence-electron chi connectivity index (χ0n) is 22.6. The minimum atomic E-state index is 0.848. The molecule has 2 aromatic heterocycles. The molecule has 194 valence electrons. The van der Waals surface area contributed by atoms with Crippen molar-refractivity contribution in [3.8, 4) is 22.5 Å². The predicted molar refractivity (Wildman–Crippen MR) is 166 cm³/mol.